The zero-order valence-corrected chi connectivity index (χ0v) is 11.3. The van der Waals surface area contributed by atoms with Crippen molar-refractivity contribution in [2.24, 2.45) is 0 Å². The molecule has 1 aromatic carbocycles. The van der Waals surface area contributed by atoms with E-state index in [0.717, 1.165) is 31.0 Å². The summed E-state index contributed by atoms with van der Waals surface area (Å²) >= 11 is 3.19. The Kier molecular flexibility index (Phi) is 4.75. The monoisotopic (exact) mass is 297 g/mol. The van der Waals surface area contributed by atoms with E-state index < -0.39 is 0 Å². The molecule has 0 spiro atoms. The fourth-order valence-electron chi connectivity index (χ4n) is 1.66. The number of hydrogen-bond donors (Lipinski definition) is 1. The Hall–Kier alpha value is -0.670. The molecular formula is C14H17BrFN. The lowest BCUT2D eigenvalue weighted by molar-refractivity contribution is 0.620. The number of nitrogens with one attached hydrogen (secondary N) is 1. The molecule has 1 N–H and O–H groups in total. The zero-order chi connectivity index (χ0) is 12.1. The third-order valence-electron chi connectivity index (χ3n) is 2.83. The van der Waals surface area contributed by atoms with Gasteiger partial charge in [0.05, 0.1) is 4.47 Å². The van der Waals surface area contributed by atoms with Crippen molar-refractivity contribution >= 4 is 15.9 Å². The zero-order valence-electron chi connectivity index (χ0n) is 9.76. The number of hydrogen-bond acceptors (Lipinski definition) is 1. The topological polar surface area (TPSA) is 12.0 Å². The molecular weight excluding hydrogens is 281 g/mol. The van der Waals surface area contributed by atoms with Crippen molar-refractivity contribution in [2.75, 3.05) is 6.54 Å². The summed E-state index contributed by atoms with van der Waals surface area (Å²) in [6, 6.07) is 5.95. The summed E-state index contributed by atoms with van der Waals surface area (Å²) in [6.45, 7) is 1.06. The summed E-state index contributed by atoms with van der Waals surface area (Å²) in [7, 11) is 0. The van der Waals surface area contributed by atoms with Gasteiger partial charge in [0, 0.05) is 6.04 Å². The molecule has 0 saturated heterocycles. The molecule has 0 radical (unpaired) electrons. The van der Waals surface area contributed by atoms with Crippen molar-refractivity contribution in [3.05, 3.63) is 46.2 Å². The van der Waals surface area contributed by atoms with Crippen molar-refractivity contribution in [1.82, 2.24) is 5.32 Å². The number of allylic oxidation sites excluding steroid dienone is 1. The SMILES string of the molecule is Fc1ccc(CC=CCCNC2CC2)cc1Br. The first-order valence-corrected chi connectivity index (χ1v) is 6.87. The predicted molar refractivity (Wildman–Crippen MR) is 72.6 cm³/mol. The highest BCUT2D eigenvalue weighted by Gasteiger charge is 2.19. The van der Waals surface area contributed by atoms with E-state index in [0.29, 0.717) is 4.47 Å². The average Bonchev–Trinajstić information content (AvgIpc) is 3.12. The molecule has 1 aliphatic carbocycles. The van der Waals surface area contributed by atoms with Crippen molar-refractivity contribution in [2.45, 2.75) is 31.7 Å². The van der Waals surface area contributed by atoms with Crippen LogP contribution in [0.3, 0.4) is 0 Å². The first-order valence-electron chi connectivity index (χ1n) is 6.08. The van der Waals surface area contributed by atoms with E-state index in [1.165, 1.54) is 18.9 Å². The van der Waals surface area contributed by atoms with Gasteiger partial charge >= 0.3 is 0 Å². The molecule has 2 rings (SSSR count). The van der Waals surface area contributed by atoms with Gasteiger partial charge < -0.3 is 5.32 Å². The summed E-state index contributed by atoms with van der Waals surface area (Å²) in [5.74, 6) is -0.202. The van der Waals surface area contributed by atoms with Gasteiger partial charge in [-0.15, -0.1) is 0 Å². The molecule has 0 unspecified atom stereocenters. The fourth-order valence-corrected chi connectivity index (χ4v) is 2.09. The summed E-state index contributed by atoms with van der Waals surface area (Å²) in [6.07, 6.45) is 8.95. The van der Waals surface area contributed by atoms with Crippen LogP contribution in [-0.2, 0) is 6.42 Å². The first-order chi connectivity index (χ1) is 8.25. The van der Waals surface area contributed by atoms with Crippen LogP contribution in [0, 0.1) is 5.82 Å². The molecule has 3 heteroatoms. The second kappa shape index (κ2) is 6.31. The Labute approximate surface area is 110 Å². The predicted octanol–water partition coefficient (Wildman–Crippen LogP) is 3.83. The number of benzene rings is 1. The fraction of sp³-hybridized carbons (Fsp3) is 0.429. The normalized spacial score (nSPS) is 15.6. The maximum atomic E-state index is 13.0. The lowest BCUT2D eigenvalue weighted by atomic mass is 10.1. The van der Waals surface area contributed by atoms with Crippen molar-refractivity contribution < 1.29 is 4.39 Å². The van der Waals surface area contributed by atoms with Crippen LogP contribution in [0.4, 0.5) is 4.39 Å². The van der Waals surface area contributed by atoms with E-state index in [1.54, 1.807) is 0 Å². The maximum Gasteiger partial charge on any atom is 0.137 e. The van der Waals surface area contributed by atoms with E-state index in [4.69, 9.17) is 0 Å². The standard InChI is InChI=1S/C14H17BrFN/c15-13-10-11(5-8-14(13)16)4-2-1-3-9-17-12-6-7-12/h1-2,5,8,10,12,17H,3-4,6-7,9H2. The van der Waals surface area contributed by atoms with Crippen LogP contribution in [0.5, 0.6) is 0 Å². The van der Waals surface area contributed by atoms with Crippen LogP contribution in [0.1, 0.15) is 24.8 Å². The van der Waals surface area contributed by atoms with Gasteiger partial charge in [-0.25, -0.2) is 4.39 Å². The van der Waals surface area contributed by atoms with E-state index in [9.17, 15) is 4.39 Å². The summed E-state index contributed by atoms with van der Waals surface area (Å²) in [5.41, 5.74) is 1.13. The van der Waals surface area contributed by atoms with Crippen LogP contribution in [0.25, 0.3) is 0 Å². The molecule has 0 atom stereocenters. The van der Waals surface area contributed by atoms with Crippen LogP contribution in [-0.4, -0.2) is 12.6 Å². The van der Waals surface area contributed by atoms with Gasteiger partial charge in [-0.05, 0) is 65.9 Å². The Bertz CT molecular complexity index is 399. The van der Waals surface area contributed by atoms with Crippen molar-refractivity contribution in [3.8, 4) is 0 Å². The molecule has 1 saturated carbocycles. The molecule has 1 nitrogen and oxygen atoms in total. The molecule has 1 aromatic rings. The lowest BCUT2D eigenvalue weighted by Gasteiger charge is -2.00. The number of halogens is 2. The number of rotatable bonds is 6. The smallest absolute Gasteiger partial charge is 0.137 e. The van der Waals surface area contributed by atoms with Gasteiger partial charge in [-0.1, -0.05) is 18.2 Å². The minimum absolute atomic E-state index is 0.202. The van der Waals surface area contributed by atoms with Crippen molar-refractivity contribution in [3.63, 3.8) is 0 Å². The molecule has 0 aliphatic heterocycles. The second-order valence-corrected chi connectivity index (χ2v) is 5.30. The van der Waals surface area contributed by atoms with Crippen LogP contribution < -0.4 is 5.32 Å². The van der Waals surface area contributed by atoms with Gasteiger partial charge in [0.1, 0.15) is 5.82 Å². The molecule has 92 valence electrons. The Morgan fingerprint density at radius 3 is 2.88 bits per heavy atom. The van der Waals surface area contributed by atoms with Crippen molar-refractivity contribution in [1.29, 1.82) is 0 Å². The van der Waals surface area contributed by atoms with E-state index >= 15 is 0 Å². The van der Waals surface area contributed by atoms with Gasteiger partial charge in [0.15, 0.2) is 0 Å². The Morgan fingerprint density at radius 1 is 1.35 bits per heavy atom. The Balaban J connectivity index is 1.68. The highest BCUT2D eigenvalue weighted by atomic mass is 79.9. The molecule has 0 heterocycles. The van der Waals surface area contributed by atoms with Gasteiger partial charge in [0.25, 0.3) is 0 Å². The average molecular weight is 298 g/mol. The largest absolute Gasteiger partial charge is 0.314 e. The summed E-state index contributed by atoms with van der Waals surface area (Å²) in [4.78, 5) is 0. The van der Waals surface area contributed by atoms with Crippen LogP contribution in [0.2, 0.25) is 0 Å². The van der Waals surface area contributed by atoms with E-state index in [2.05, 4.69) is 33.4 Å². The Morgan fingerprint density at radius 2 is 2.18 bits per heavy atom. The van der Waals surface area contributed by atoms with E-state index in [1.807, 2.05) is 12.1 Å². The maximum absolute atomic E-state index is 13.0. The lowest BCUT2D eigenvalue weighted by Crippen LogP contribution is -2.16. The van der Waals surface area contributed by atoms with Crippen LogP contribution >= 0.6 is 15.9 Å². The second-order valence-electron chi connectivity index (χ2n) is 4.44. The summed E-state index contributed by atoms with van der Waals surface area (Å²) < 4.78 is 13.5. The highest BCUT2D eigenvalue weighted by Crippen LogP contribution is 2.18. The first kappa shape index (κ1) is 12.8. The van der Waals surface area contributed by atoms with Crippen LogP contribution in [0.15, 0.2) is 34.8 Å². The molecule has 1 aliphatic rings. The molecule has 17 heavy (non-hydrogen) atoms. The third-order valence-corrected chi connectivity index (χ3v) is 3.43. The molecule has 0 amide bonds. The van der Waals surface area contributed by atoms with Gasteiger partial charge in [-0.2, -0.15) is 0 Å². The molecule has 1 fully saturated rings. The summed E-state index contributed by atoms with van der Waals surface area (Å²) in [5, 5.41) is 3.46. The van der Waals surface area contributed by atoms with E-state index in [-0.39, 0.29) is 5.82 Å². The quantitative estimate of drug-likeness (QED) is 0.622. The minimum Gasteiger partial charge on any atom is -0.314 e. The minimum atomic E-state index is -0.202. The van der Waals surface area contributed by atoms with Gasteiger partial charge in [0.2, 0.25) is 0 Å². The van der Waals surface area contributed by atoms with Gasteiger partial charge in [-0.3, -0.25) is 0 Å². The third kappa shape index (κ3) is 4.60. The molecule has 0 bridgehead atoms. The highest BCUT2D eigenvalue weighted by molar-refractivity contribution is 9.10. The molecule has 0 aromatic heterocycles.